The molecule has 0 fully saturated rings. The average Bonchev–Trinajstić information content (AvgIpc) is 2.38. The van der Waals surface area contributed by atoms with E-state index in [1.165, 1.54) is 16.7 Å². The molecule has 0 heterocycles. The van der Waals surface area contributed by atoms with Gasteiger partial charge < -0.3 is 4.74 Å². The fraction of sp³-hybridized carbons (Fsp3) is 0.250. The summed E-state index contributed by atoms with van der Waals surface area (Å²) in [6.45, 7) is 4.38. The number of hydrogen-bond donors (Lipinski definition) is 0. The minimum absolute atomic E-state index is 0.472. The molecule has 0 unspecified atom stereocenters. The minimum Gasteiger partial charge on any atom is -0.497 e. The van der Waals surface area contributed by atoms with Gasteiger partial charge in [0.2, 0.25) is 0 Å². The van der Waals surface area contributed by atoms with Gasteiger partial charge in [-0.05, 0) is 46.9 Å². The predicted octanol–water partition coefficient (Wildman–Crippen LogP) is 5.14. The first-order valence-corrected chi connectivity index (χ1v) is 6.43. The molecule has 2 aromatic carbocycles. The Bertz CT molecular complexity index is 529. The van der Waals surface area contributed by atoms with E-state index in [4.69, 9.17) is 16.3 Å². The Morgan fingerprint density at radius 1 is 1.00 bits per heavy atom. The lowest BCUT2D eigenvalue weighted by atomic mass is 9.93. The molecule has 2 heteroatoms. The van der Waals surface area contributed by atoms with E-state index >= 15 is 0 Å². The number of hydrogen-bond acceptors (Lipinski definition) is 1. The summed E-state index contributed by atoms with van der Waals surface area (Å²) in [4.78, 5) is 0. The SMILES string of the molecule is COc1ccc(-c2cc(Cl)ccc2C(C)C)cc1. The van der Waals surface area contributed by atoms with E-state index in [1.54, 1.807) is 7.11 Å². The van der Waals surface area contributed by atoms with Crippen LogP contribution < -0.4 is 4.74 Å². The van der Waals surface area contributed by atoms with Crippen LogP contribution in [0.1, 0.15) is 25.3 Å². The lowest BCUT2D eigenvalue weighted by Crippen LogP contribution is -1.92. The van der Waals surface area contributed by atoms with Crippen LogP contribution in [-0.2, 0) is 0 Å². The zero-order valence-corrected chi connectivity index (χ0v) is 11.7. The maximum absolute atomic E-state index is 6.11. The highest BCUT2D eigenvalue weighted by Crippen LogP contribution is 2.32. The summed E-state index contributed by atoms with van der Waals surface area (Å²) in [6, 6.07) is 14.2. The van der Waals surface area contributed by atoms with Gasteiger partial charge in [-0.15, -0.1) is 0 Å². The Morgan fingerprint density at radius 2 is 1.67 bits per heavy atom. The fourth-order valence-corrected chi connectivity index (χ4v) is 2.22. The van der Waals surface area contributed by atoms with Crippen LogP contribution in [-0.4, -0.2) is 7.11 Å². The average molecular weight is 261 g/mol. The number of ether oxygens (including phenoxy) is 1. The summed E-state index contributed by atoms with van der Waals surface area (Å²) < 4.78 is 5.18. The molecule has 2 aromatic rings. The summed E-state index contributed by atoms with van der Waals surface area (Å²) in [5.41, 5.74) is 3.67. The van der Waals surface area contributed by atoms with E-state index in [9.17, 15) is 0 Å². The van der Waals surface area contributed by atoms with E-state index in [1.807, 2.05) is 24.3 Å². The van der Waals surface area contributed by atoms with E-state index in [-0.39, 0.29) is 0 Å². The molecule has 0 bridgehead atoms. The van der Waals surface area contributed by atoms with Gasteiger partial charge in [-0.3, -0.25) is 0 Å². The Hall–Kier alpha value is -1.47. The largest absolute Gasteiger partial charge is 0.497 e. The monoisotopic (exact) mass is 260 g/mol. The normalized spacial score (nSPS) is 10.7. The second-order valence-corrected chi connectivity index (χ2v) is 5.05. The second-order valence-electron chi connectivity index (χ2n) is 4.61. The van der Waals surface area contributed by atoms with Crippen molar-refractivity contribution in [1.82, 2.24) is 0 Å². The van der Waals surface area contributed by atoms with Gasteiger partial charge in [-0.25, -0.2) is 0 Å². The van der Waals surface area contributed by atoms with Crippen LogP contribution in [0, 0.1) is 0 Å². The van der Waals surface area contributed by atoms with Gasteiger partial charge >= 0.3 is 0 Å². The molecule has 2 rings (SSSR count). The first-order valence-electron chi connectivity index (χ1n) is 6.05. The first-order chi connectivity index (χ1) is 8.61. The molecule has 18 heavy (non-hydrogen) atoms. The van der Waals surface area contributed by atoms with Gasteiger partial charge in [0.1, 0.15) is 5.75 Å². The maximum atomic E-state index is 6.11. The molecule has 0 atom stereocenters. The molecule has 1 nitrogen and oxygen atoms in total. The highest BCUT2D eigenvalue weighted by atomic mass is 35.5. The van der Waals surface area contributed by atoms with Crippen molar-refractivity contribution in [2.24, 2.45) is 0 Å². The maximum Gasteiger partial charge on any atom is 0.118 e. The summed E-state index contributed by atoms with van der Waals surface area (Å²) in [5.74, 6) is 1.34. The zero-order valence-electron chi connectivity index (χ0n) is 10.9. The van der Waals surface area contributed by atoms with Crippen molar-refractivity contribution in [1.29, 1.82) is 0 Å². The van der Waals surface area contributed by atoms with E-state index in [2.05, 4.69) is 32.0 Å². The third kappa shape index (κ3) is 2.68. The van der Waals surface area contributed by atoms with E-state index in [0.717, 1.165) is 10.8 Å². The van der Waals surface area contributed by atoms with Crippen molar-refractivity contribution in [2.75, 3.05) is 7.11 Å². The standard InChI is InChI=1S/C16H17ClO/c1-11(2)15-9-6-13(17)10-16(15)12-4-7-14(18-3)8-5-12/h4-11H,1-3H3. The van der Waals surface area contributed by atoms with Crippen LogP contribution in [0.5, 0.6) is 5.75 Å². The zero-order chi connectivity index (χ0) is 13.1. The van der Waals surface area contributed by atoms with E-state index < -0.39 is 0 Å². The molecule has 0 aliphatic carbocycles. The summed E-state index contributed by atoms with van der Waals surface area (Å²) in [6.07, 6.45) is 0. The van der Waals surface area contributed by atoms with E-state index in [0.29, 0.717) is 5.92 Å². The molecule has 94 valence electrons. The van der Waals surface area contributed by atoms with Gasteiger partial charge in [0, 0.05) is 5.02 Å². The third-order valence-corrected chi connectivity index (χ3v) is 3.27. The van der Waals surface area contributed by atoms with Gasteiger partial charge in [-0.1, -0.05) is 43.6 Å². The molecular formula is C16H17ClO. The highest BCUT2D eigenvalue weighted by molar-refractivity contribution is 6.30. The summed E-state index contributed by atoms with van der Waals surface area (Å²) in [7, 11) is 1.67. The minimum atomic E-state index is 0.472. The van der Waals surface area contributed by atoms with Gasteiger partial charge in [-0.2, -0.15) is 0 Å². The Kier molecular flexibility index (Phi) is 3.93. The van der Waals surface area contributed by atoms with Crippen molar-refractivity contribution in [3.05, 3.63) is 53.1 Å². The molecule has 0 saturated heterocycles. The molecular weight excluding hydrogens is 244 g/mol. The van der Waals surface area contributed by atoms with Crippen molar-refractivity contribution < 1.29 is 4.74 Å². The fourth-order valence-electron chi connectivity index (χ4n) is 2.05. The number of methoxy groups -OCH3 is 1. The molecule has 0 aromatic heterocycles. The third-order valence-electron chi connectivity index (χ3n) is 3.04. The quantitative estimate of drug-likeness (QED) is 0.743. The number of benzene rings is 2. The Labute approximate surface area is 113 Å². The lowest BCUT2D eigenvalue weighted by Gasteiger charge is -2.13. The van der Waals surface area contributed by atoms with Crippen molar-refractivity contribution in [3.8, 4) is 16.9 Å². The Morgan fingerprint density at radius 3 is 2.22 bits per heavy atom. The van der Waals surface area contributed by atoms with Gasteiger partial charge in [0.25, 0.3) is 0 Å². The smallest absolute Gasteiger partial charge is 0.118 e. The van der Waals surface area contributed by atoms with Gasteiger partial charge in [0.05, 0.1) is 7.11 Å². The molecule has 0 spiro atoms. The first kappa shape index (κ1) is 13.0. The predicted molar refractivity (Wildman–Crippen MR) is 77.5 cm³/mol. The van der Waals surface area contributed by atoms with Crippen molar-refractivity contribution >= 4 is 11.6 Å². The van der Waals surface area contributed by atoms with Crippen LogP contribution in [0.2, 0.25) is 5.02 Å². The lowest BCUT2D eigenvalue weighted by molar-refractivity contribution is 0.415. The molecule has 0 N–H and O–H groups in total. The van der Waals surface area contributed by atoms with Crippen LogP contribution in [0.3, 0.4) is 0 Å². The molecule has 0 saturated carbocycles. The number of rotatable bonds is 3. The van der Waals surface area contributed by atoms with Crippen molar-refractivity contribution in [3.63, 3.8) is 0 Å². The van der Waals surface area contributed by atoms with Crippen LogP contribution in [0.15, 0.2) is 42.5 Å². The molecule has 0 aliphatic heterocycles. The molecule has 0 amide bonds. The van der Waals surface area contributed by atoms with Gasteiger partial charge in [0.15, 0.2) is 0 Å². The second kappa shape index (κ2) is 5.45. The molecule has 0 aliphatic rings. The van der Waals surface area contributed by atoms with Crippen LogP contribution in [0.4, 0.5) is 0 Å². The Balaban J connectivity index is 2.50. The van der Waals surface area contributed by atoms with Crippen molar-refractivity contribution in [2.45, 2.75) is 19.8 Å². The summed E-state index contributed by atoms with van der Waals surface area (Å²) in [5, 5.41) is 0.769. The van der Waals surface area contributed by atoms with Crippen LogP contribution >= 0.6 is 11.6 Å². The number of halogens is 1. The topological polar surface area (TPSA) is 9.23 Å². The summed E-state index contributed by atoms with van der Waals surface area (Å²) >= 11 is 6.11. The molecule has 0 radical (unpaired) electrons. The highest BCUT2D eigenvalue weighted by Gasteiger charge is 2.09. The van der Waals surface area contributed by atoms with Crippen LogP contribution in [0.25, 0.3) is 11.1 Å².